The summed E-state index contributed by atoms with van der Waals surface area (Å²) in [6, 6.07) is 15.9. The molecular weight excluding hydrogens is 463 g/mol. The summed E-state index contributed by atoms with van der Waals surface area (Å²) < 4.78 is 19.4. The predicted octanol–water partition coefficient (Wildman–Crippen LogP) is 4.25. The van der Waals surface area contributed by atoms with Crippen LogP contribution in [0.3, 0.4) is 0 Å². The maximum atomic E-state index is 14.2. The fourth-order valence-corrected chi connectivity index (χ4v) is 3.61. The molecule has 2 N–H and O–H groups in total. The summed E-state index contributed by atoms with van der Waals surface area (Å²) in [4.78, 5) is 44.6. The number of anilines is 2. The molecule has 1 aromatic heterocycles. The Balaban J connectivity index is 1.94. The van der Waals surface area contributed by atoms with Gasteiger partial charge in [0.05, 0.1) is 7.11 Å². The van der Waals surface area contributed by atoms with Crippen LogP contribution in [0.5, 0.6) is 5.75 Å². The Morgan fingerprint density at radius 1 is 1.00 bits per heavy atom. The Hall–Kier alpha value is -4.27. The van der Waals surface area contributed by atoms with Gasteiger partial charge in [-0.25, -0.2) is 9.37 Å². The lowest BCUT2D eigenvalue weighted by Gasteiger charge is -2.32. The number of nitrogens with zero attached hydrogens (tertiary/aromatic N) is 2. The van der Waals surface area contributed by atoms with Crippen LogP contribution in [0.15, 0.2) is 72.9 Å². The minimum atomic E-state index is -1.11. The smallest absolute Gasteiger partial charge is 0.248 e. The van der Waals surface area contributed by atoms with Crippen molar-refractivity contribution < 1.29 is 23.5 Å². The summed E-state index contributed by atoms with van der Waals surface area (Å²) in [5.41, 5.74) is 0.703. The predicted molar refractivity (Wildman–Crippen MR) is 135 cm³/mol. The number of nitrogens with one attached hydrogen (secondary N) is 2. The molecule has 188 valence electrons. The average molecular weight is 493 g/mol. The van der Waals surface area contributed by atoms with Crippen LogP contribution in [0, 0.1) is 5.82 Å². The molecule has 36 heavy (non-hydrogen) atoms. The van der Waals surface area contributed by atoms with Gasteiger partial charge in [-0.05, 0) is 61.9 Å². The van der Waals surface area contributed by atoms with E-state index in [9.17, 15) is 18.8 Å². The first kappa shape index (κ1) is 26.3. The monoisotopic (exact) mass is 492 g/mol. The standard InChI is InChI=1S/C27H29FN4O4/c1-18(2)30-27(35)26(19-10-12-22(36-3)13-11-19)32(21-8-6-7-20(28)17-21)25(34)15-14-24(33)31-23-9-4-5-16-29-23/h4-13,16-18,26H,14-15H2,1-3H3,(H,30,35)(H,29,31,33)/t26-/m0/s1. The van der Waals surface area contributed by atoms with Crippen LogP contribution >= 0.6 is 0 Å². The summed E-state index contributed by atoms with van der Waals surface area (Å²) in [5, 5.41) is 5.48. The number of carbonyl (C=O) groups excluding carboxylic acids is 3. The van der Waals surface area contributed by atoms with Crippen LogP contribution in [0.1, 0.15) is 38.3 Å². The van der Waals surface area contributed by atoms with Gasteiger partial charge in [-0.1, -0.05) is 24.3 Å². The van der Waals surface area contributed by atoms with E-state index in [4.69, 9.17) is 4.74 Å². The van der Waals surface area contributed by atoms with Gasteiger partial charge >= 0.3 is 0 Å². The molecule has 0 aliphatic carbocycles. The van der Waals surface area contributed by atoms with Crippen LogP contribution in [0.2, 0.25) is 0 Å². The van der Waals surface area contributed by atoms with Crippen molar-refractivity contribution in [3.63, 3.8) is 0 Å². The number of halogens is 1. The summed E-state index contributed by atoms with van der Waals surface area (Å²) in [6.45, 7) is 3.61. The van der Waals surface area contributed by atoms with Crippen LogP contribution < -0.4 is 20.3 Å². The maximum absolute atomic E-state index is 14.2. The molecule has 8 nitrogen and oxygen atoms in total. The quantitative estimate of drug-likeness (QED) is 0.441. The molecule has 0 bridgehead atoms. The van der Waals surface area contributed by atoms with Crippen molar-refractivity contribution in [2.24, 2.45) is 0 Å². The molecule has 2 aromatic carbocycles. The molecule has 0 saturated heterocycles. The minimum Gasteiger partial charge on any atom is -0.497 e. The zero-order chi connectivity index (χ0) is 26.1. The van der Waals surface area contributed by atoms with Gasteiger partial charge in [0, 0.05) is 30.8 Å². The molecular formula is C27H29FN4O4. The first-order chi connectivity index (χ1) is 17.3. The number of aromatic nitrogens is 1. The Kier molecular flexibility index (Phi) is 9.10. The molecule has 0 spiro atoms. The number of ether oxygens (including phenoxy) is 1. The second-order valence-electron chi connectivity index (χ2n) is 8.35. The lowest BCUT2D eigenvalue weighted by atomic mass is 10.0. The van der Waals surface area contributed by atoms with Gasteiger partial charge in [0.15, 0.2) is 0 Å². The summed E-state index contributed by atoms with van der Waals surface area (Å²) in [6.07, 6.45) is 1.18. The van der Waals surface area contributed by atoms with Crippen LogP contribution in [0.4, 0.5) is 15.9 Å². The number of hydrogen-bond acceptors (Lipinski definition) is 5. The minimum absolute atomic E-state index is 0.150. The Bertz CT molecular complexity index is 1190. The number of pyridine rings is 1. The van der Waals surface area contributed by atoms with Gasteiger partial charge in [0.1, 0.15) is 23.4 Å². The molecule has 0 unspecified atom stereocenters. The molecule has 3 rings (SSSR count). The van der Waals surface area contributed by atoms with Crippen LogP contribution in [-0.2, 0) is 14.4 Å². The van der Waals surface area contributed by atoms with Crippen molar-refractivity contribution in [2.45, 2.75) is 38.8 Å². The average Bonchev–Trinajstić information content (AvgIpc) is 2.86. The van der Waals surface area contributed by atoms with E-state index in [0.29, 0.717) is 17.1 Å². The fraction of sp³-hybridized carbons (Fsp3) is 0.259. The van der Waals surface area contributed by atoms with Gasteiger partial charge in [-0.2, -0.15) is 0 Å². The molecule has 0 fully saturated rings. The molecule has 1 atom stereocenters. The Labute approximate surface area is 209 Å². The second-order valence-corrected chi connectivity index (χ2v) is 8.35. The van der Waals surface area contributed by atoms with Gasteiger partial charge in [0.2, 0.25) is 17.7 Å². The largest absolute Gasteiger partial charge is 0.497 e. The molecule has 3 aromatic rings. The second kappa shape index (κ2) is 12.4. The van der Waals surface area contributed by atoms with Crippen molar-refractivity contribution in [1.29, 1.82) is 0 Å². The van der Waals surface area contributed by atoms with Gasteiger partial charge in [-0.15, -0.1) is 0 Å². The number of amides is 3. The molecule has 9 heteroatoms. The highest BCUT2D eigenvalue weighted by Gasteiger charge is 2.33. The highest BCUT2D eigenvalue weighted by atomic mass is 19.1. The number of methoxy groups -OCH3 is 1. The van der Waals surface area contributed by atoms with Crippen molar-refractivity contribution in [3.05, 3.63) is 84.3 Å². The molecule has 0 aliphatic rings. The van der Waals surface area contributed by atoms with Gasteiger partial charge in [0.25, 0.3) is 0 Å². The van der Waals surface area contributed by atoms with Crippen molar-refractivity contribution in [2.75, 3.05) is 17.3 Å². The van der Waals surface area contributed by atoms with Gasteiger partial charge < -0.3 is 15.4 Å². The van der Waals surface area contributed by atoms with Gasteiger partial charge in [-0.3, -0.25) is 19.3 Å². The third kappa shape index (κ3) is 7.11. The molecule has 3 amide bonds. The molecule has 0 radical (unpaired) electrons. The van der Waals surface area contributed by atoms with Crippen molar-refractivity contribution in [1.82, 2.24) is 10.3 Å². The van der Waals surface area contributed by atoms with E-state index in [2.05, 4.69) is 15.6 Å². The van der Waals surface area contributed by atoms with Crippen molar-refractivity contribution >= 4 is 29.2 Å². The normalized spacial score (nSPS) is 11.5. The topological polar surface area (TPSA) is 101 Å². The first-order valence-electron chi connectivity index (χ1n) is 11.5. The van der Waals surface area contributed by atoms with Crippen molar-refractivity contribution in [3.8, 4) is 5.75 Å². The van der Waals surface area contributed by atoms with E-state index in [1.54, 1.807) is 68.6 Å². The Morgan fingerprint density at radius 3 is 2.36 bits per heavy atom. The molecule has 1 heterocycles. The number of hydrogen-bond donors (Lipinski definition) is 2. The Morgan fingerprint density at radius 2 is 1.75 bits per heavy atom. The molecule has 0 saturated carbocycles. The third-order valence-electron chi connectivity index (χ3n) is 5.22. The fourth-order valence-electron chi connectivity index (χ4n) is 3.61. The van der Waals surface area contributed by atoms with E-state index in [0.717, 1.165) is 0 Å². The first-order valence-corrected chi connectivity index (χ1v) is 11.5. The maximum Gasteiger partial charge on any atom is 0.248 e. The number of benzene rings is 2. The molecule has 0 aliphatic heterocycles. The van der Waals surface area contributed by atoms with E-state index in [-0.39, 0.29) is 24.6 Å². The van der Waals surface area contributed by atoms with E-state index < -0.39 is 29.6 Å². The number of rotatable bonds is 10. The lowest BCUT2D eigenvalue weighted by Crippen LogP contribution is -2.46. The van der Waals surface area contributed by atoms with E-state index >= 15 is 0 Å². The SMILES string of the molecule is COc1ccc([C@@H](C(=O)NC(C)C)N(C(=O)CCC(=O)Nc2ccccn2)c2cccc(F)c2)cc1. The zero-order valence-electron chi connectivity index (χ0n) is 20.4. The summed E-state index contributed by atoms with van der Waals surface area (Å²) in [7, 11) is 1.52. The summed E-state index contributed by atoms with van der Waals surface area (Å²) >= 11 is 0. The van der Waals surface area contributed by atoms with E-state index in [1.807, 2.05) is 0 Å². The highest BCUT2D eigenvalue weighted by Crippen LogP contribution is 2.30. The highest BCUT2D eigenvalue weighted by molar-refractivity contribution is 6.03. The third-order valence-corrected chi connectivity index (χ3v) is 5.22. The van der Waals surface area contributed by atoms with Crippen LogP contribution in [0.25, 0.3) is 0 Å². The lowest BCUT2D eigenvalue weighted by molar-refractivity contribution is -0.127. The summed E-state index contributed by atoms with van der Waals surface area (Å²) in [5.74, 6) is -0.979. The number of carbonyl (C=O) groups is 3. The van der Waals surface area contributed by atoms with E-state index in [1.165, 1.54) is 30.2 Å². The van der Waals surface area contributed by atoms with Crippen LogP contribution in [-0.4, -0.2) is 35.9 Å². The zero-order valence-corrected chi connectivity index (χ0v) is 20.4.